The molecule has 0 bridgehead atoms. The number of phosphoric ester groups is 1. The van der Waals surface area contributed by atoms with Crippen molar-refractivity contribution in [2.45, 2.75) is 181 Å². The summed E-state index contributed by atoms with van der Waals surface area (Å²) in [6.45, 7) is 8.76. The molecule has 0 radical (unpaired) electrons. The molecule has 0 saturated carbocycles. The van der Waals surface area contributed by atoms with E-state index in [9.17, 15) is 24.2 Å². The Morgan fingerprint density at radius 2 is 1.50 bits per heavy atom. The molecule has 11 nitrogen and oxygen atoms in total. The number of phosphoric acid groups is 1. The number of hydrogen-bond acceptors (Lipinski definition) is 10. The molecule has 60 heavy (non-hydrogen) atoms. The van der Waals surface area contributed by atoms with Gasteiger partial charge in [-0.15, -0.1) is 0 Å². The number of thioether (sulfide) groups is 1. The molecule has 3 atom stereocenters. The van der Waals surface area contributed by atoms with Crippen molar-refractivity contribution < 1.29 is 37.9 Å². The zero-order valence-electron chi connectivity index (χ0n) is 36.8. The third kappa shape index (κ3) is 12.9. The van der Waals surface area contributed by atoms with Crippen molar-refractivity contribution in [3.8, 4) is 17.1 Å². The number of cyclic esters (lactones) is 1. The van der Waals surface area contributed by atoms with Gasteiger partial charge in [0.1, 0.15) is 12.4 Å². The fourth-order valence-electron chi connectivity index (χ4n) is 8.47. The summed E-state index contributed by atoms with van der Waals surface area (Å²) in [5.74, 6) is 1.10. The Bertz CT molecular complexity index is 1950. The predicted octanol–water partition coefficient (Wildman–Crippen LogP) is 11.3. The average molecular weight is 871 g/mol. The monoisotopic (exact) mass is 870 g/mol. The van der Waals surface area contributed by atoms with Crippen LogP contribution in [0, 0.1) is 0 Å². The first-order valence-corrected chi connectivity index (χ1v) is 25.7. The molecule has 0 amide bonds. The van der Waals surface area contributed by atoms with Crippen molar-refractivity contribution in [3.05, 3.63) is 56.9 Å². The second kappa shape index (κ2) is 24.2. The van der Waals surface area contributed by atoms with E-state index < -0.39 is 19.4 Å². The highest BCUT2D eigenvalue weighted by molar-refractivity contribution is 7.99. The van der Waals surface area contributed by atoms with Gasteiger partial charge >= 0.3 is 13.8 Å². The lowest BCUT2D eigenvalue weighted by Crippen LogP contribution is -2.44. The number of pyridine rings is 2. The van der Waals surface area contributed by atoms with Crippen molar-refractivity contribution in [2.75, 3.05) is 24.7 Å². The van der Waals surface area contributed by atoms with E-state index in [1.54, 1.807) is 35.8 Å². The summed E-state index contributed by atoms with van der Waals surface area (Å²) in [7, 11) is -4.52. The highest BCUT2D eigenvalue weighted by Gasteiger charge is 2.45. The molecule has 334 valence electrons. The maximum absolute atomic E-state index is 13.7. The number of carbonyl (C=O) groups is 1. The number of aromatic nitrogens is 2. The molecule has 13 heteroatoms. The molecule has 2 aromatic heterocycles. The first-order valence-electron chi connectivity index (χ1n) is 23.1. The van der Waals surface area contributed by atoms with Gasteiger partial charge in [0.05, 0.1) is 41.7 Å². The predicted molar refractivity (Wildman–Crippen MR) is 242 cm³/mol. The van der Waals surface area contributed by atoms with Crippen molar-refractivity contribution in [2.24, 2.45) is 0 Å². The summed E-state index contributed by atoms with van der Waals surface area (Å²) in [6.07, 6.45) is 22.9. The molecule has 2 N–H and O–H groups in total. The molecule has 2 aliphatic heterocycles. The highest BCUT2D eigenvalue weighted by atomic mass is 32.2. The van der Waals surface area contributed by atoms with Crippen molar-refractivity contribution in [1.82, 2.24) is 9.55 Å². The number of esters is 1. The lowest BCUT2D eigenvalue weighted by atomic mass is 9.86. The van der Waals surface area contributed by atoms with Crippen LogP contribution < -0.4 is 10.1 Å². The van der Waals surface area contributed by atoms with E-state index in [2.05, 4.69) is 13.8 Å². The maximum Gasteiger partial charge on any atom is 0.527 e. The van der Waals surface area contributed by atoms with Gasteiger partial charge in [-0.2, -0.15) is 11.8 Å². The largest absolute Gasteiger partial charge is 0.527 e. The number of rotatable bonds is 30. The lowest BCUT2D eigenvalue weighted by Gasteiger charge is -2.31. The Balaban J connectivity index is 1.19. The van der Waals surface area contributed by atoms with E-state index in [1.165, 1.54) is 96.3 Å². The van der Waals surface area contributed by atoms with E-state index in [0.717, 1.165) is 41.5 Å². The van der Waals surface area contributed by atoms with Crippen LogP contribution in [0.15, 0.2) is 29.1 Å². The van der Waals surface area contributed by atoms with Gasteiger partial charge in [0.15, 0.2) is 5.60 Å². The summed E-state index contributed by atoms with van der Waals surface area (Å²) in [5, 5.41) is 12.0. The number of fused-ring (bicyclic) bond motifs is 5. The minimum Gasteiger partial charge on any atom is -0.458 e. The van der Waals surface area contributed by atoms with Crippen LogP contribution in [0.4, 0.5) is 0 Å². The molecular weight excluding hydrogens is 800 g/mol. The number of aliphatic hydroxyl groups is 1. The minimum atomic E-state index is -4.52. The van der Waals surface area contributed by atoms with E-state index in [-0.39, 0.29) is 54.7 Å². The summed E-state index contributed by atoms with van der Waals surface area (Å²) >= 11 is 1.81. The number of unbranched alkanes of at least 4 members (excludes halogenated alkanes) is 16. The van der Waals surface area contributed by atoms with Crippen LogP contribution in [-0.2, 0) is 48.5 Å². The standard InChI is InChI=1S/C47H71N2O9PS/c1-5-9-11-13-15-17-18-20-22-24-28-60-34-36(55-27-23-21-19-16-14-12-10-6-2)32-57-59(53,54)58-35-25-26-42-38(29-35)37(7-3)39-31-49-43(44(39)48-42)30-41-40(45(49)50)33-56-46(51)47(41,52)8-4/h25-26,29-30,36,52H,5-24,27-28,31-34H2,1-4H3,(H,53,54). The number of hydrogen-bond donors (Lipinski definition) is 2. The molecule has 0 aliphatic carbocycles. The second-order valence-electron chi connectivity index (χ2n) is 16.6. The molecule has 5 rings (SSSR count). The van der Waals surface area contributed by atoms with E-state index in [1.807, 2.05) is 18.7 Å². The lowest BCUT2D eigenvalue weighted by molar-refractivity contribution is -0.172. The highest BCUT2D eigenvalue weighted by Crippen LogP contribution is 2.46. The van der Waals surface area contributed by atoms with Gasteiger partial charge in [0, 0.05) is 28.9 Å². The van der Waals surface area contributed by atoms with E-state index in [0.29, 0.717) is 35.7 Å². The Hall–Kier alpha value is -2.73. The van der Waals surface area contributed by atoms with Crippen LogP contribution in [0.5, 0.6) is 5.75 Å². The number of nitrogens with zero attached hydrogens (tertiary/aromatic N) is 2. The number of aryl methyl sites for hydroxylation is 1. The van der Waals surface area contributed by atoms with Gasteiger partial charge in [-0.3, -0.25) is 14.2 Å². The Morgan fingerprint density at radius 3 is 2.13 bits per heavy atom. The van der Waals surface area contributed by atoms with Crippen LogP contribution in [0.1, 0.15) is 172 Å². The fourth-order valence-corrected chi connectivity index (χ4v) is 10.3. The van der Waals surface area contributed by atoms with Crippen LogP contribution in [0.2, 0.25) is 0 Å². The third-order valence-electron chi connectivity index (χ3n) is 12.1. The number of ether oxygens (including phenoxy) is 2. The first kappa shape index (κ1) is 48.3. The molecular formula is C47H71N2O9PS. The van der Waals surface area contributed by atoms with Gasteiger partial charge in [0.2, 0.25) is 0 Å². The quantitative estimate of drug-likeness (QED) is 0.0293. The molecule has 2 aliphatic rings. The summed E-state index contributed by atoms with van der Waals surface area (Å²) in [6, 6.07) is 6.71. The Morgan fingerprint density at radius 1 is 0.867 bits per heavy atom. The third-order valence-corrected chi connectivity index (χ3v) is 14.2. The SMILES string of the molecule is CCCCCCCCCCCCSCC(COP(=O)(O)Oc1ccc2nc3c(c(CC)c2c1)Cn1c-3cc2c(c1=O)COC(=O)C2(O)CC)OCCCCCCCCCC. The summed E-state index contributed by atoms with van der Waals surface area (Å²) in [4.78, 5) is 42.2. The molecule has 1 aromatic carbocycles. The normalized spacial score (nSPS) is 17.3. The molecule has 0 fully saturated rings. The van der Waals surface area contributed by atoms with Gasteiger partial charge < -0.3 is 23.7 Å². The van der Waals surface area contributed by atoms with Gasteiger partial charge in [0.25, 0.3) is 5.56 Å². The molecule has 3 aromatic rings. The van der Waals surface area contributed by atoms with Crippen molar-refractivity contribution >= 4 is 36.5 Å². The second-order valence-corrected chi connectivity index (χ2v) is 19.2. The first-order chi connectivity index (χ1) is 29.1. The summed E-state index contributed by atoms with van der Waals surface area (Å²) < 4.78 is 37.8. The van der Waals surface area contributed by atoms with Crippen LogP contribution in [-0.4, -0.2) is 56.3 Å². The number of carbonyl (C=O) groups excluding carboxylic acids is 1. The van der Waals surface area contributed by atoms with Crippen molar-refractivity contribution in [3.63, 3.8) is 0 Å². The molecule has 0 spiro atoms. The average Bonchev–Trinajstić information content (AvgIpc) is 3.61. The minimum absolute atomic E-state index is 0.0561. The fraction of sp³-hybridized carbons (Fsp3) is 0.681. The van der Waals surface area contributed by atoms with Crippen molar-refractivity contribution in [1.29, 1.82) is 0 Å². The van der Waals surface area contributed by atoms with Crippen LogP contribution in [0.3, 0.4) is 0 Å². The van der Waals surface area contributed by atoms with Gasteiger partial charge in [-0.25, -0.2) is 14.3 Å². The number of benzene rings is 1. The van der Waals surface area contributed by atoms with Crippen LogP contribution in [0.25, 0.3) is 22.3 Å². The van der Waals surface area contributed by atoms with Gasteiger partial charge in [-0.1, -0.05) is 130 Å². The zero-order chi connectivity index (χ0) is 43.0. The van der Waals surface area contributed by atoms with E-state index >= 15 is 0 Å². The zero-order valence-corrected chi connectivity index (χ0v) is 38.5. The summed E-state index contributed by atoms with van der Waals surface area (Å²) in [5.41, 5.74) is 1.79. The Kier molecular flexibility index (Phi) is 19.5. The topological polar surface area (TPSA) is 146 Å². The van der Waals surface area contributed by atoms with Gasteiger partial charge in [-0.05, 0) is 61.3 Å². The van der Waals surface area contributed by atoms with E-state index in [4.69, 9.17) is 23.5 Å². The van der Waals surface area contributed by atoms with Crippen LogP contribution >= 0.6 is 19.6 Å². The maximum atomic E-state index is 13.7. The molecule has 3 unspecified atom stereocenters. The molecule has 4 heterocycles. The Labute approximate surface area is 362 Å². The molecule has 0 saturated heterocycles. The smallest absolute Gasteiger partial charge is 0.458 e.